The van der Waals surface area contributed by atoms with E-state index < -0.39 is 11.8 Å². The van der Waals surface area contributed by atoms with Crippen LogP contribution in [0.4, 0.5) is 0 Å². The number of unbranched alkanes of at least 4 members (excludes halogenated alkanes) is 1. The Morgan fingerprint density at radius 3 is 2.44 bits per heavy atom. The van der Waals surface area contributed by atoms with Crippen LogP contribution in [0.2, 0.25) is 0 Å². The van der Waals surface area contributed by atoms with Gasteiger partial charge in [0.25, 0.3) is 0 Å². The molecule has 0 spiro atoms. The van der Waals surface area contributed by atoms with Gasteiger partial charge in [0.1, 0.15) is 28.9 Å². The Hall–Kier alpha value is -4.31. The molecule has 1 aliphatic carbocycles. The smallest absolute Gasteiger partial charge is 0.336 e. The number of carboxylic acids is 1. The first-order valence-electron chi connectivity index (χ1n) is 11.1. The number of carbonyl (C=O) groups excluding carboxylic acids is 2. The van der Waals surface area contributed by atoms with Crippen molar-refractivity contribution < 1.29 is 19.5 Å². The molecule has 34 heavy (non-hydrogen) atoms. The molecule has 0 bridgehead atoms. The Bertz CT molecular complexity index is 1390. The Labute approximate surface area is 197 Å². The third-order valence-electron chi connectivity index (χ3n) is 6.05. The van der Waals surface area contributed by atoms with Crippen LogP contribution in [0.25, 0.3) is 11.1 Å². The highest BCUT2D eigenvalue weighted by Crippen LogP contribution is 2.29. The van der Waals surface area contributed by atoms with Crippen LogP contribution in [0.5, 0.6) is 0 Å². The fourth-order valence-electron chi connectivity index (χ4n) is 4.19. The Balaban J connectivity index is 1.74. The van der Waals surface area contributed by atoms with E-state index in [1.807, 2.05) is 30.3 Å². The molecule has 0 saturated carbocycles. The van der Waals surface area contributed by atoms with Crippen LogP contribution >= 0.6 is 0 Å². The molecule has 0 saturated heterocycles. The number of hydrogen-bond donors (Lipinski definition) is 1. The van der Waals surface area contributed by atoms with Crippen LogP contribution in [-0.4, -0.2) is 32.2 Å². The van der Waals surface area contributed by atoms with E-state index in [4.69, 9.17) is 0 Å². The molecule has 2 aromatic carbocycles. The molecule has 0 radical (unpaired) electrons. The van der Waals surface area contributed by atoms with Crippen molar-refractivity contribution in [2.24, 2.45) is 0 Å². The number of aromatic carboxylic acids is 1. The van der Waals surface area contributed by atoms with Crippen LogP contribution in [-0.2, 0) is 13.0 Å². The number of benzene rings is 2. The molecular formula is C27H23N3O4. The molecule has 0 unspecified atom stereocenters. The van der Waals surface area contributed by atoms with Crippen LogP contribution in [0.15, 0.2) is 59.7 Å². The number of Topliss-reactive ketones (excluding diaryl/α,β-unsaturated/α-hetero) is 2. The molecule has 170 valence electrons. The summed E-state index contributed by atoms with van der Waals surface area (Å²) in [7, 11) is 0. The summed E-state index contributed by atoms with van der Waals surface area (Å²) in [5.41, 5.74) is 2.73. The third-order valence-corrected chi connectivity index (χ3v) is 6.05. The van der Waals surface area contributed by atoms with Gasteiger partial charge in [-0.15, -0.1) is 0 Å². The molecule has 3 aromatic rings. The molecule has 1 aliphatic rings. The third kappa shape index (κ3) is 3.95. The van der Waals surface area contributed by atoms with Crippen LogP contribution < -0.4 is 0 Å². The van der Waals surface area contributed by atoms with Crippen molar-refractivity contribution in [3.63, 3.8) is 0 Å². The lowest BCUT2D eigenvalue weighted by molar-refractivity contribution is 0.0697. The maximum absolute atomic E-state index is 13.1. The fraction of sp³-hybridized carbons (Fsp3) is 0.222. The summed E-state index contributed by atoms with van der Waals surface area (Å²) in [6.07, 6.45) is 2.38. The molecule has 0 amide bonds. The molecule has 0 aliphatic heterocycles. The number of aryl methyl sites for hydroxylation is 1. The summed E-state index contributed by atoms with van der Waals surface area (Å²) in [6, 6.07) is 16.1. The van der Waals surface area contributed by atoms with E-state index in [0.29, 0.717) is 24.4 Å². The van der Waals surface area contributed by atoms with Gasteiger partial charge in [-0.1, -0.05) is 55.8 Å². The first-order valence-corrected chi connectivity index (χ1v) is 11.1. The SMILES string of the molecule is CCCCc1nc2c(n1Cc1ccc(-c3ccccc3C(=O)O)cc1)C(=O)C(C#N)=C(C)C2=O. The Morgan fingerprint density at radius 1 is 1.09 bits per heavy atom. The zero-order chi connectivity index (χ0) is 24.4. The highest BCUT2D eigenvalue weighted by atomic mass is 16.4. The molecule has 4 rings (SSSR count). The molecule has 1 aromatic heterocycles. The van der Waals surface area contributed by atoms with Crippen LogP contribution in [0.1, 0.15) is 69.4 Å². The van der Waals surface area contributed by atoms with E-state index in [1.165, 1.54) is 6.92 Å². The Kier molecular flexibility index (Phi) is 6.24. The van der Waals surface area contributed by atoms with Gasteiger partial charge >= 0.3 is 5.97 Å². The minimum absolute atomic E-state index is 0.111. The van der Waals surface area contributed by atoms with Crippen molar-refractivity contribution in [3.8, 4) is 17.2 Å². The summed E-state index contributed by atoms with van der Waals surface area (Å²) in [5, 5.41) is 18.9. The molecule has 1 heterocycles. The Morgan fingerprint density at radius 2 is 1.79 bits per heavy atom. The van der Waals surface area contributed by atoms with E-state index in [2.05, 4.69) is 11.9 Å². The van der Waals surface area contributed by atoms with E-state index in [0.717, 1.165) is 24.0 Å². The van der Waals surface area contributed by atoms with E-state index in [9.17, 15) is 24.8 Å². The largest absolute Gasteiger partial charge is 0.478 e. The number of carboxylic acid groups (broad SMARTS) is 1. The second-order valence-corrected chi connectivity index (χ2v) is 8.23. The number of aromatic nitrogens is 2. The summed E-state index contributed by atoms with van der Waals surface area (Å²) in [5.74, 6) is -1.22. The highest BCUT2D eigenvalue weighted by molar-refractivity contribution is 6.27. The van der Waals surface area contributed by atoms with Gasteiger partial charge in [0.15, 0.2) is 0 Å². The average Bonchev–Trinajstić information content (AvgIpc) is 3.20. The van der Waals surface area contributed by atoms with Crippen LogP contribution in [0.3, 0.4) is 0 Å². The molecule has 7 heteroatoms. The lowest BCUT2D eigenvalue weighted by Crippen LogP contribution is -2.23. The van der Waals surface area contributed by atoms with Gasteiger partial charge in [0.2, 0.25) is 11.6 Å². The van der Waals surface area contributed by atoms with E-state index in [1.54, 1.807) is 28.8 Å². The quantitative estimate of drug-likeness (QED) is 0.547. The maximum Gasteiger partial charge on any atom is 0.336 e. The molecule has 0 fully saturated rings. The number of fused-ring (bicyclic) bond motifs is 1. The zero-order valence-electron chi connectivity index (χ0n) is 19.0. The van der Waals surface area contributed by atoms with Gasteiger partial charge in [-0.2, -0.15) is 5.26 Å². The van der Waals surface area contributed by atoms with Gasteiger partial charge in [-0.25, -0.2) is 9.78 Å². The standard InChI is InChI=1S/C27H23N3O4/c1-3-4-9-22-29-23-24(26(32)21(14-28)16(2)25(23)31)30(22)15-17-10-12-18(13-11-17)19-7-5-6-8-20(19)27(33)34/h5-8,10-13H,3-4,9,15H2,1-2H3,(H,33,34). The molecule has 1 N–H and O–H groups in total. The van der Waals surface area contributed by atoms with Gasteiger partial charge in [-0.05, 0) is 36.1 Å². The lowest BCUT2D eigenvalue weighted by Gasteiger charge is -2.15. The van der Waals surface area contributed by atoms with Crippen molar-refractivity contribution >= 4 is 17.5 Å². The van der Waals surface area contributed by atoms with Crippen molar-refractivity contribution in [3.05, 3.63) is 88.0 Å². The lowest BCUT2D eigenvalue weighted by atomic mass is 9.91. The van der Waals surface area contributed by atoms with Crippen molar-refractivity contribution in [2.45, 2.75) is 39.7 Å². The minimum Gasteiger partial charge on any atom is -0.478 e. The summed E-state index contributed by atoms with van der Waals surface area (Å²) in [6.45, 7) is 3.84. The summed E-state index contributed by atoms with van der Waals surface area (Å²) < 4.78 is 1.75. The second-order valence-electron chi connectivity index (χ2n) is 8.23. The highest BCUT2D eigenvalue weighted by Gasteiger charge is 2.36. The number of imidazole rings is 1. The minimum atomic E-state index is -0.995. The number of rotatable bonds is 7. The zero-order valence-corrected chi connectivity index (χ0v) is 19.0. The number of nitrogens with zero attached hydrogens (tertiary/aromatic N) is 3. The number of hydrogen-bond acceptors (Lipinski definition) is 5. The summed E-state index contributed by atoms with van der Waals surface area (Å²) in [4.78, 5) is 42.0. The maximum atomic E-state index is 13.1. The first-order chi connectivity index (χ1) is 16.4. The number of nitriles is 1. The van der Waals surface area contributed by atoms with Crippen molar-refractivity contribution in [2.75, 3.05) is 0 Å². The monoisotopic (exact) mass is 453 g/mol. The van der Waals surface area contributed by atoms with Crippen LogP contribution in [0, 0.1) is 11.3 Å². The van der Waals surface area contributed by atoms with Gasteiger partial charge in [-0.3, -0.25) is 9.59 Å². The van der Waals surface area contributed by atoms with E-state index in [-0.39, 0.29) is 33.9 Å². The normalized spacial score (nSPS) is 13.1. The van der Waals surface area contributed by atoms with Gasteiger partial charge in [0.05, 0.1) is 5.56 Å². The molecule has 7 nitrogen and oxygen atoms in total. The molecule has 0 atom stereocenters. The number of ketones is 2. The number of carbonyl (C=O) groups is 3. The molecular weight excluding hydrogens is 430 g/mol. The van der Waals surface area contributed by atoms with Crippen molar-refractivity contribution in [1.29, 1.82) is 5.26 Å². The second kappa shape index (κ2) is 9.28. The predicted octanol–water partition coefficient (Wildman–Crippen LogP) is 4.86. The first kappa shape index (κ1) is 22.9. The number of allylic oxidation sites excluding steroid dienone is 2. The van der Waals surface area contributed by atoms with E-state index >= 15 is 0 Å². The van der Waals surface area contributed by atoms with Crippen molar-refractivity contribution in [1.82, 2.24) is 9.55 Å². The summed E-state index contributed by atoms with van der Waals surface area (Å²) >= 11 is 0. The topological polar surface area (TPSA) is 113 Å². The van der Waals surface area contributed by atoms with Gasteiger partial charge < -0.3 is 9.67 Å². The van der Waals surface area contributed by atoms with Gasteiger partial charge in [0, 0.05) is 18.5 Å². The average molecular weight is 453 g/mol. The fourth-order valence-corrected chi connectivity index (χ4v) is 4.19. The predicted molar refractivity (Wildman–Crippen MR) is 126 cm³/mol.